The molecule has 106 valence electrons. The van der Waals surface area contributed by atoms with Gasteiger partial charge in [0.2, 0.25) is 10.0 Å². The first-order valence-electron chi connectivity index (χ1n) is 5.49. The van der Waals surface area contributed by atoms with E-state index in [4.69, 9.17) is 17.3 Å². The Morgan fingerprint density at radius 3 is 2.68 bits per heavy atom. The van der Waals surface area contributed by atoms with Crippen LogP contribution < -0.4 is 10.5 Å². The van der Waals surface area contributed by atoms with Crippen LogP contribution in [0.3, 0.4) is 0 Å². The van der Waals surface area contributed by atoms with E-state index in [2.05, 4.69) is 9.46 Å². The lowest BCUT2D eigenvalue weighted by atomic mass is 10.2. The molecule has 0 aromatic heterocycles. The highest BCUT2D eigenvalue weighted by Crippen LogP contribution is 2.19. The number of sulfonamides is 1. The van der Waals surface area contributed by atoms with Crippen molar-refractivity contribution in [2.75, 3.05) is 20.2 Å². The second-order valence-corrected chi connectivity index (χ2v) is 5.91. The van der Waals surface area contributed by atoms with Crippen molar-refractivity contribution in [3.05, 3.63) is 28.8 Å². The summed E-state index contributed by atoms with van der Waals surface area (Å²) in [6.45, 7) is 0.602. The van der Waals surface area contributed by atoms with E-state index in [1.54, 1.807) is 0 Å². The van der Waals surface area contributed by atoms with Gasteiger partial charge in [-0.3, -0.25) is 0 Å². The van der Waals surface area contributed by atoms with Gasteiger partial charge in [-0.25, -0.2) is 17.9 Å². The number of benzene rings is 1. The lowest BCUT2D eigenvalue weighted by Gasteiger charge is -2.08. The fourth-order valence-electron chi connectivity index (χ4n) is 1.35. The number of hydrogen-bond acceptors (Lipinski definition) is 5. The molecule has 1 aromatic carbocycles. The predicted molar refractivity (Wildman–Crippen MR) is 71.7 cm³/mol. The van der Waals surface area contributed by atoms with Gasteiger partial charge in [-0.05, 0) is 31.2 Å². The molecule has 3 N–H and O–H groups in total. The Kier molecular flexibility index (Phi) is 5.74. The summed E-state index contributed by atoms with van der Waals surface area (Å²) < 4.78 is 30.8. The lowest BCUT2D eigenvalue weighted by Crippen LogP contribution is -2.26. The molecule has 1 rings (SSSR count). The number of nitrogens with one attached hydrogen (secondary N) is 1. The molecule has 0 saturated heterocycles. The van der Waals surface area contributed by atoms with E-state index in [-0.39, 0.29) is 22.0 Å². The maximum Gasteiger partial charge on any atom is 0.337 e. The Morgan fingerprint density at radius 1 is 1.42 bits per heavy atom. The van der Waals surface area contributed by atoms with Crippen molar-refractivity contribution < 1.29 is 17.9 Å². The number of methoxy groups -OCH3 is 1. The third kappa shape index (κ3) is 4.46. The molecule has 0 radical (unpaired) electrons. The molecule has 8 heteroatoms. The topological polar surface area (TPSA) is 98.5 Å². The molecule has 0 unspecified atom stereocenters. The van der Waals surface area contributed by atoms with Crippen molar-refractivity contribution in [1.82, 2.24) is 4.72 Å². The Labute approximate surface area is 116 Å². The zero-order valence-corrected chi connectivity index (χ0v) is 11.9. The maximum absolute atomic E-state index is 12.0. The Hall–Kier alpha value is -1.15. The first kappa shape index (κ1) is 15.9. The van der Waals surface area contributed by atoms with Gasteiger partial charge in [0.05, 0.1) is 17.6 Å². The molecule has 0 amide bonds. The van der Waals surface area contributed by atoms with Crippen LogP contribution in [-0.2, 0) is 14.8 Å². The van der Waals surface area contributed by atoms with Gasteiger partial charge in [0.1, 0.15) is 0 Å². The summed E-state index contributed by atoms with van der Waals surface area (Å²) in [6.07, 6.45) is 0.518. The van der Waals surface area contributed by atoms with E-state index in [1.165, 1.54) is 25.3 Å². The standard InChI is InChI=1S/C11H15ClN2O4S/c1-18-11(15)8-5-9(12)7-10(6-8)19(16,17)14-4-2-3-13/h5-7,14H,2-4,13H2,1H3. The van der Waals surface area contributed by atoms with E-state index in [9.17, 15) is 13.2 Å². The van der Waals surface area contributed by atoms with Gasteiger partial charge >= 0.3 is 5.97 Å². The summed E-state index contributed by atoms with van der Waals surface area (Å²) in [4.78, 5) is 11.3. The molecule has 0 heterocycles. The molecule has 0 aliphatic rings. The first-order valence-corrected chi connectivity index (χ1v) is 7.35. The fraction of sp³-hybridized carbons (Fsp3) is 0.364. The Morgan fingerprint density at radius 2 is 2.11 bits per heavy atom. The zero-order valence-electron chi connectivity index (χ0n) is 10.3. The second-order valence-electron chi connectivity index (χ2n) is 3.71. The number of halogens is 1. The molecule has 0 aliphatic heterocycles. The molecule has 0 aliphatic carbocycles. The van der Waals surface area contributed by atoms with Crippen LogP contribution in [0.1, 0.15) is 16.8 Å². The average molecular weight is 307 g/mol. The molecule has 19 heavy (non-hydrogen) atoms. The van der Waals surface area contributed by atoms with Crippen LogP contribution in [0.4, 0.5) is 0 Å². The molecular formula is C11H15ClN2O4S. The SMILES string of the molecule is COC(=O)c1cc(Cl)cc(S(=O)(=O)NCCCN)c1. The second kappa shape index (κ2) is 6.85. The van der Waals surface area contributed by atoms with Crippen LogP contribution in [0.15, 0.2) is 23.1 Å². The zero-order chi connectivity index (χ0) is 14.5. The molecule has 6 nitrogen and oxygen atoms in total. The Balaban J connectivity index is 3.06. The van der Waals surface area contributed by atoms with Crippen molar-refractivity contribution in [3.8, 4) is 0 Å². The highest BCUT2D eigenvalue weighted by Gasteiger charge is 2.17. The molecule has 0 bridgehead atoms. The molecule has 0 atom stereocenters. The van der Waals surface area contributed by atoms with Crippen LogP contribution >= 0.6 is 11.6 Å². The van der Waals surface area contributed by atoms with Gasteiger partial charge in [-0.1, -0.05) is 11.6 Å². The molecule has 0 spiro atoms. The van der Waals surface area contributed by atoms with Gasteiger partial charge in [-0.15, -0.1) is 0 Å². The normalized spacial score (nSPS) is 11.3. The van der Waals surface area contributed by atoms with E-state index >= 15 is 0 Å². The summed E-state index contributed by atoms with van der Waals surface area (Å²) in [5.41, 5.74) is 5.36. The van der Waals surface area contributed by atoms with Gasteiger partial charge in [0, 0.05) is 11.6 Å². The van der Waals surface area contributed by atoms with Gasteiger partial charge in [-0.2, -0.15) is 0 Å². The van der Waals surface area contributed by atoms with Gasteiger partial charge in [0.15, 0.2) is 0 Å². The van der Waals surface area contributed by atoms with Crippen molar-refractivity contribution >= 4 is 27.6 Å². The first-order chi connectivity index (χ1) is 8.90. The average Bonchev–Trinajstić information content (AvgIpc) is 2.37. The summed E-state index contributed by atoms with van der Waals surface area (Å²) >= 11 is 5.80. The van der Waals surface area contributed by atoms with Crippen molar-refractivity contribution in [3.63, 3.8) is 0 Å². The summed E-state index contributed by atoms with van der Waals surface area (Å²) in [5, 5.41) is 0.141. The number of ether oxygens (including phenoxy) is 1. The number of carbonyl (C=O) groups is 1. The van der Waals surface area contributed by atoms with Crippen molar-refractivity contribution in [2.45, 2.75) is 11.3 Å². The largest absolute Gasteiger partial charge is 0.465 e. The van der Waals surface area contributed by atoms with Gasteiger partial charge in [0.25, 0.3) is 0 Å². The fourth-order valence-corrected chi connectivity index (χ4v) is 2.79. The van der Waals surface area contributed by atoms with Crippen molar-refractivity contribution in [1.29, 1.82) is 0 Å². The molecule has 1 aromatic rings. The third-order valence-electron chi connectivity index (χ3n) is 2.28. The Bertz CT molecular complexity index is 560. The van der Waals surface area contributed by atoms with Crippen LogP contribution in [0.5, 0.6) is 0 Å². The molecular weight excluding hydrogens is 292 g/mol. The number of hydrogen-bond donors (Lipinski definition) is 2. The van der Waals surface area contributed by atoms with E-state index < -0.39 is 16.0 Å². The number of rotatable bonds is 6. The van der Waals surface area contributed by atoms with Crippen LogP contribution in [0.25, 0.3) is 0 Å². The highest BCUT2D eigenvalue weighted by molar-refractivity contribution is 7.89. The minimum Gasteiger partial charge on any atom is -0.465 e. The quantitative estimate of drug-likeness (QED) is 0.597. The summed E-state index contributed by atoms with van der Waals surface area (Å²) in [5.74, 6) is -0.652. The van der Waals surface area contributed by atoms with E-state index in [1.807, 2.05) is 0 Å². The number of esters is 1. The smallest absolute Gasteiger partial charge is 0.337 e. The minimum atomic E-state index is -3.72. The molecule has 0 fully saturated rings. The predicted octanol–water partition coefficient (Wildman–Crippen LogP) is 0.754. The third-order valence-corrected chi connectivity index (χ3v) is 3.93. The maximum atomic E-state index is 12.0. The van der Waals surface area contributed by atoms with Gasteiger partial charge < -0.3 is 10.5 Å². The summed E-state index contributed by atoms with van der Waals surface area (Å²) in [6, 6.07) is 3.81. The minimum absolute atomic E-state index is 0.0780. The van der Waals surface area contributed by atoms with Crippen molar-refractivity contribution in [2.24, 2.45) is 5.73 Å². The van der Waals surface area contributed by atoms with Crippen LogP contribution in [0.2, 0.25) is 5.02 Å². The van der Waals surface area contributed by atoms with E-state index in [0.29, 0.717) is 13.0 Å². The highest BCUT2D eigenvalue weighted by atomic mass is 35.5. The van der Waals surface area contributed by atoms with Crippen LogP contribution in [0, 0.1) is 0 Å². The van der Waals surface area contributed by atoms with Crippen LogP contribution in [-0.4, -0.2) is 34.6 Å². The van der Waals surface area contributed by atoms with E-state index in [0.717, 1.165) is 0 Å². The summed E-state index contributed by atoms with van der Waals surface area (Å²) in [7, 11) is -2.51. The molecule has 0 saturated carbocycles. The monoisotopic (exact) mass is 306 g/mol. The number of nitrogens with two attached hydrogens (primary N) is 1. The lowest BCUT2D eigenvalue weighted by molar-refractivity contribution is 0.0600. The number of carbonyl (C=O) groups excluding carboxylic acids is 1.